The maximum Gasteiger partial charge on any atom is 0.325 e. The molecule has 1 heterocycles. The first kappa shape index (κ1) is 12.4. The van der Waals surface area contributed by atoms with E-state index >= 15 is 0 Å². The smallest absolute Gasteiger partial charge is 0.325 e. The lowest BCUT2D eigenvalue weighted by Crippen LogP contribution is -2.39. The van der Waals surface area contributed by atoms with Crippen molar-refractivity contribution in [3.63, 3.8) is 0 Å². The molecule has 0 aromatic heterocycles. The van der Waals surface area contributed by atoms with Crippen LogP contribution in [0.2, 0.25) is 0 Å². The van der Waals surface area contributed by atoms with Gasteiger partial charge in [-0.1, -0.05) is 0 Å². The second-order valence-corrected chi connectivity index (χ2v) is 5.11. The van der Waals surface area contributed by atoms with Crippen LogP contribution in [0.3, 0.4) is 0 Å². The first-order chi connectivity index (χ1) is 7.09. The quantitative estimate of drug-likeness (QED) is 0.760. The van der Waals surface area contributed by atoms with Crippen LogP contribution < -0.4 is 5.32 Å². The number of aliphatic carboxylic acids is 1. The molecule has 0 unspecified atom stereocenters. The fourth-order valence-electron chi connectivity index (χ4n) is 1.57. The summed E-state index contributed by atoms with van der Waals surface area (Å²) in [7, 11) is 0. The SMILES string of the molecule is C[C@H](NC(=O)CC1CCSCC1)C(=O)O. The molecule has 0 bridgehead atoms. The number of hydrogen-bond acceptors (Lipinski definition) is 3. The van der Waals surface area contributed by atoms with Gasteiger partial charge in [-0.15, -0.1) is 0 Å². The second-order valence-electron chi connectivity index (χ2n) is 3.89. The van der Waals surface area contributed by atoms with E-state index in [4.69, 9.17) is 5.11 Å². The van der Waals surface area contributed by atoms with Crippen LogP contribution in [0.15, 0.2) is 0 Å². The Balaban J connectivity index is 2.25. The molecular formula is C10H17NO3S. The predicted molar refractivity (Wildman–Crippen MR) is 59.9 cm³/mol. The Morgan fingerprint density at radius 2 is 2.07 bits per heavy atom. The Labute approximate surface area is 93.8 Å². The van der Waals surface area contributed by atoms with Crippen molar-refractivity contribution < 1.29 is 14.7 Å². The van der Waals surface area contributed by atoms with Crippen LogP contribution in [0, 0.1) is 5.92 Å². The van der Waals surface area contributed by atoms with E-state index in [1.807, 2.05) is 11.8 Å². The zero-order valence-electron chi connectivity index (χ0n) is 8.86. The van der Waals surface area contributed by atoms with E-state index in [2.05, 4.69) is 5.32 Å². The van der Waals surface area contributed by atoms with Crippen LogP contribution in [-0.4, -0.2) is 34.5 Å². The molecule has 86 valence electrons. The summed E-state index contributed by atoms with van der Waals surface area (Å²) in [6, 6.07) is -0.782. The van der Waals surface area contributed by atoms with E-state index < -0.39 is 12.0 Å². The van der Waals surface area contributed by atoms with E-state index in [0.717, 1.165) is 24.3 Å². The summed E-state index contributed by atoms with van der Waals surface area (Å²) < 4.78 is 0. The van der Waals surface area contributed by atoms with Crippen molar-refractivity contribution in [3.05, 3.63) is 0 Å². The van der Waals surface area contributed by atoms with Crippen LogP contribution in [0.1, 0.15) is 26.2 Å². The van der Waals surface area contributed by atoms with Crippen molar-refractivity contribution in [1.29, 1.82) is 0 Å². The Hall–Kier alpha value is -0.710. The van der Waals surface area contributed by atoms with Crippen molar-refractivity contribution in [1.82, 2.24) is 5.32 Å². The summed E-state index contributed by atoms with van der Waals surface area (Å²) in [5, 5.41) is 11.1. The Kier molecular flexibility index (Phi) is 4.94. The molecular weight excluding hydrogens is 214 g/mol. The molecule has 15 heavy (non-hydrogen) atoms. The molecule has 0 aromatic rings. The molecule has 1 saturated heterocycles. The van der Waals surface area contributed by atoms with Crippen LogP contribution in [0.25, 0.3) is 0 Å². The summed E-state index contributed by atoms with van der Waals surface area (Å²) in [6.07, 6.45) is 2.61. The fraction of sp³-hybridized carbons (Fsp3) is 0.800. The van der Waals surface area contributed by atoms with Gasteiger partial charge in [0.2, 0.25) is 5.91 Å². The van der Waals surface area contributed by atoms with E-state index in [0.29, 0.717) is 12.3 Å². The minimum atomic E-state index is -0.984. The maximum absolute atomic E-state index is 11.4. The van der Waals surface area contributed by atoms with Gasteiger partial charge in [-0.3, -0.25) is 9.59 Å². The van der Waals surface area contributed by atoms with Gasteiger partial charge >= 0.3 is 5.97 Å². The van der Waals surface area contributed by atoms with Crippen molar-refractivity contribution >= 4 is 23.6 Å². The number of carbonyl (C=O) groups excluding carboxylic acids is 1. The van der Waals surface area contributed by atoms with Gasteiger partial charge in [-0.25, -0.2) is 0 Å². The highest BCUT2D eigenvalue weighted by atomic mass is 32.2. The number of carbonyl (C=O) groups is 2. The number of rotatable bonds is 4. The minimum Gasteiger partial charge on any atom is -0.480 e. The van der Waals surface area contributed by atoms with Gasteiger partial charge in [0, 0.05) is 6.42 Å². The number of thioether (sulfide) groups is 1. The fourth-order valence-corrected chi connectivity index (χ4v) is 2.78. The van der Waals surface area contributed by atoms with Crippen LogP contribution in [0.4, 0.5) is 0 Å². The third kappa shape index (κ3) is 4.55. The van der Waals surface area contributed by atoms with Gasteiger partial charge in [-0.2, -0.15) is 11.8 Å². The van der Waals surface area contributed by atoms with E-state index in [-0.39, 0.29) is 5.91 Å². The highest BCUT2D eigenvalue weighted by molar-refractivity contribution is 7.99. The molecule has 1 fully saturated rings. The first-order valence-electron chi connectivity index (χ1n) is 5.19. The number of carboxylic acid groups (broad SMARTS) is 1. The van der Waals surface area contributed by atoms with Crippen LogP contribution in [0.5, 0.6) is 0 Å². The molecule has 0 aromatic carbocycles. The van der Waals surface area contributed by atoms with Gasteiger partial charge in [-0.05, 0) is 37.2 Å². The van der Waals surface area contributed by atoms with Crippen LogP contribution in [-0.2, 0) is 9.59 Å². The van der Waals surface area contributed by atoms with Crippen molar-refractivity contribution in [2.45, 2.75) is 32.2 Å². The average molecular weight is 231 g/mol. The van der Waals surface area contributed by atoms with Crippen LogP contribution >= 0.6 is 11.8 Å². The first-order valence-corrected chi connectivity index (χ1v) is 6.35. The lowest BCUT2D eigenvalue weighted by molar-refractivity contribution is -0.141. The third-order valence-electron chi connectivity index (χ3n) is 2.56. The molecule has 2 N–H and O–H groups in total. The van der Waals surface area contributed by atoms with E-state index in [9.17, 15) is 9.59 Å². The average Bonchev–Trinajstić information content (AvgIpc) is 2.18. The molecule has 1 atom stereocenters. The Morgan fingerprint density at radius 3 is 2.60 bits per heavy atom. The largest absolute Gasteiger partial charge is 0.480 e. The minimum absolute atomic E-state index is 0.137. The highest BCUT2D eigenvalue weighted by Crippen LogP contribution is 2.24. The number of carboxylic acids is 1. The molecule has 0 spiro atoms. The molecule has 1 amide bonds. The third-order valence-corrected chi connectivity index (χ3v) is 3.61. The lowest BCUT2D eigenvalue weighted by Gasteiger charge is -2.21. The molecule has 0 aliphatic carbocycles. The Bertz CT molecular complexity index is 239. The molecule has 0 saturated carbocycles. The van der Waals surface area contributed by atoms with Crippen molar-refractivity contribution in [2.24, 2.45) is 5.92 Å². The summed E-state index contributed by atoms with van der Waals surface area (Å²) >= 11 is 1.92. The van der Waals surface area contributed by atoms with E-state index in [1.165, 1.54) is 6.92 Å². The normalized spacial score (nSPS) is 19.5. The molecule has 1 rings (SSSR count). The van der Waals surface area contributed by atoms with Gasteiger partial charge in [0.25, 0.3) is 0 Å². The molecule has 0 radical (unpaired) electrons. The lowest BCUT2D eigenvalue weighted by atomic mass is 9.98. The molecule has 1 aliphatic rings. The van der Waals surface area contributed by atoms with Gasteiger partial charge in [0.05, 0.1) is 0 Å². The van der Waals surface area contributed by atoms with Gasteiger partial charge in [0.1, 0.15) is 6.04 Å². The van der Waals surface area contributed by atoms with Crippen molar-refractivity contribution in [3.8, 4) is 0 Å². The zero-order chi connectivity index (χ0) is 11.3. The van der Waals surface area contributed by atoms with Crippen molar-refractivity contribution in [2.75, 3.05) is 11.5 Å². The summed E-state index contributed by atoms with van der Waals surface area (Å²) in [5.41, 5.74) is 0. The molecule has 1 aliphatic heterocycles. The zero-order valence-corrected chi connectivity index (χ0v) is 9.68. The number of nitrogens with one attached hydrogen (secondary N) is 1. The monoisotopic (exact) mass is 231 g/mol. The van der Waals surface area contributed by atoms with Gasteiger partial charge in [0.15, 0.2) is 0 Å². The summed E-state index contributed by atoms with van der Waals surface area (Å²) in [5.74, 6) is 1.55. The van der Waals surface area contributed by atoms with E-state index in [1.54, 1.807) is 0 Å². The topological polar surface area (TPSA) is 66.4 Å². The maximum atomic E-state index is 11.4. The Morgan fingerprint density at radius 1 is 1.47 bits per heavy atom. The second kappa shape index (κ2) is 6.00. The number of hydrogen-bond donors (Lipinski definition) is 2. The predicted octanol–water partition coefficient (Wildman–Crippen LogP) is 1.11. The summed E-state index contributed by atoms with van der Waals surface area (Å²) in [6.45, 7) is 1.48. The molecule has 5 heteroatoms. The molecule has 4 nitrogen and oxygen atoms in total. The number of amides is 1. The summed E-state index contributed by atoms with van der Waals surface area (Å²) in [4.78, 5) is 22.0. The van der Waals surface area contributed by atoms with Gasteiger partial charge < -0.3 is 10.4 Å². The standard InChI is InChI=1S/C10H17NO3S/c1-7(10(13)14)11-9(12)6-8-2-4-15-5-3-8/h7-8H,2-6H2,1H3,(H,11,12)(H,13,14)/t7-/m0/s1. The highest BCUT2D eigenvalue weighted by Gasteiger charge is 2.19.